The van der Waals surface area contributed by atoms with Crippen molar-refractivity contribution in [3.63, 3.8) is 0 Å². The van der Waals surface area contributed by atoms with E-state index in [4.69, 9.17) is 14.2 Å². The summed E-state index contributed by atoms with van der Waals surface area (Å²) in [6.45, 7) is 4.54. The van der Waals surface area contributed by atoms with E-state index in [2.05, 4.69) is 0 Å². The highest BCUT2D eigenvalue weighted by Gasteiger charge is 2.38. The molecule has 0 aliphatic carbocycles. The molecule has 0 spiro atoms. The molecule has 0 aromatic heterocycles. The Morgan fingerprint density at radius 2 is 1.20 bits per heavy atom. The molecule has 0 N–H and O–H groups in total. The third-order valence-electron chi connectivity index (χ3n) is 4.72. The fraction of sp³-hybridized carbons (Fsp3) is 0.789. The number of amides is 4. The molecule has 170 valence electrons. The minimum absolute atomic E-state index is 0.120. The maximum absolute atomic E-state index is 12.1. The fourth-order valence-corrected chi connectivity index (χ4v) is 4.72. The Kier molecular flexibility index (Phi) is 11.1. The van der Waals surface area contributed by atoms with E-state index in [0.717, 1.165) is 5.75 Å². The van der Waals surface area contributed by atoms with E-state index in [1.54, 1.807) is 0 Å². The molecule has 0 aromatic rings. The predicted molar refractivity (Wildman–Crippen MR) is 114 cm³/mol. The summed E-state index contributed by atoms with van der Waals surface area (Å²) in [7, 11) is 0. The average molecular weight is 463 g/mol. The Hall–Kier alpha value is -1.14. The van der Waals surface area contributed by atoms with Gasteiger partial charge in [0.05, 0.1) is 63.2 Å². The van der Waals surface area contributed by atoms with Crippen molar-refractivity contribution < 1.29 is 33.4 Å². The molecule has 2 rings (SSSR count). The quantitative estimate of drug-likeness (QED) is 0.253. The van der Waals surface area contributed by atoms with Gasteiger partial charge in [0.2, 0.25) is 23.6 Å². The second-order valence-electron chi connectivity index (χ2n) is 6.68. The summed E-state index contributed by atoms with van der Waals surface area (Å²) in [5.41, 5.74) is 0. The molecule has 2 atom stereocenters. The Morgan fingerprint density at radius 1 is 0.767 bits per heavy atom. The van der Waals surface area contributed by atoms with Crippen LogP contribution in [0.25, 0.3) is 0 Å². The summed E-state index contributed by atoms with van der Waals surface area (Å²) in [5, 5.41) is -0.515. The summed E-state index contributed by atoms with van der Waals surface area (Å²) >= 11 is 2.89. The highest BCUT2D eigenvalue weighted by Crippen LogP contribution is 2.24. The Morgan fingerprint density at radius 3 is 1.63 bits per heavy atom. The van der Waals surface area contributed by atoms with Crippen LogP contribution in [0.3, 0.4) is 0 Å². The van der Waals surface area contributed by atoms with E-state index in [9.17, 15) is 19.2 Å². The zero-order valence-corrected chi connectivity index (χ0v) is 19.1. The van der Waals surface area contributed by atoms with Gasteiger partial charge in [-0.2, -0.15) is 11.8 Å². The standard InChI is InChI=1S/C19H30N2O7S2/c1-3-30-15-13-17(23)21(19(15)25)5-7-27-9-11-28-10-8-26-6-4-20-16(22)12-14(29-2)18(20)24/h14-15H,3-13H2,1-2H3. The lowest BCUT2D eigenvalue weighted by molar-refractivity contribution is -0.140. The van der Waals surface area contributed by atoms with Gasteiger partial charge in [0.15, 0.2) is 0 Å². The number of thioether (sulfide) groups is 2. The number of likely N-dealkylation sites (tertiary alicyclic amines) is 2. The van der Waals surface area contributed by atoms with Crippen molar-refractivity contribution in [2.24, 2.45) is 0 Å². The number of hydrogen-bond donors (Lipinski definition) is 0. The SMILES string of the molecule is CCSC1CC(=O)N(CCOCCOCCOCCN2C(=O)CC(SC)C2=O)C1=O. The molecule has 2 aliphatic rings. The molecular weight excluding hydrogens is 432 g/mol. The van der Waals surface area contributed by atoms with Gasteiger partial charge in [0.25, 0.3) is 0 Å². The molecule has 0 saturated carbocycles. The molecule has 30 heavy (non-hydrogen) atoms. The van der Waals surface area contributed by atoms with Gasteiger partial charge in [0, 0.05) is 12.8 Å². The zero-order valence-electron chi connectivity index (χ0n) is 17.5. The summed E-state index contributed by atoms with van der Waals surface area (Å²) in [6.07, 6.45) is 2.37. The lowest BCUT2D eigenvalue weighted by Gasteiger charge is -2.15. The second kappa shape index (κ2) is 13.3. The van der Waals surface area contributed by atoms with Crippen LogP contribution in [0.4, 0.5) is 0 Å². The first-order valence-electron chi connectivity index (χ1n) is 10.1. The van der Waals surface area contributed by atoms with Crippen LogP contribution in [0.2, 0.25) is 0 Å². The number of nitrogens with zero attached hydrogens (tertiary/aromatic N) is 2. The minimum atomic E-state index is -0.265. The minimum Gasteiger partial charge on any atom is -0.377 e. The van der Waals surface area contributed by atoms with Crippen molar-refractivity contribution in [3.05, 3.63) is 0 Å². The van der Waals surface area contributed by atoms with Crippen LogP contribution >= 0.6 is 23.5 Å². The van der Waals surface area contributed by atoms with Crippen molar-refractivity contribution >= 4 is 47.2 Å². The van der Waals surface area contributed by atoms with Crippen LogP contribution in [-0.2, 0) is 33.4 Å². The van der Waals surface area contributed by atoms with Crippen molar-refractivity contribution in [1.82, 2.24) is 9.80 Å². The van der Waals surface area contributed by atoms with Gasteiger partial charge in [0.1, 0.15) is 0 Å². The Bertz CT molecular complexity index is 620. The summed E-state index contributed by atoms with van der Waals surface area (Å²) < 4.78 is 16.2. The molecule has 2 saturated heterocycles. The normalized spacial score (nSPS) is 22.1. The first-order valence-corrected chi connectivity index (χ1v) is 12.4. The molecule has 2 unspecified atom stereocenters. The van der Waals surface area contributed by atoms with Crippen LogP contribution in [0.1, 0.15) is 19.8 Å². The lowest BCUT2D eigenvalue weighted by Crippen LogP contribution is -2.34. The van der Waals surface area contributed by atoms with Crippen molar-refractivity contribution in [2.45, 2.75) is 30.3 Å². The van der Waals surface area contributed by atoms with Crippen LogP contribution in [0.5, 0.6) is 0 Å². The first kappa shape index (κ1) is 25.1. The predicted octanol–water partition coefficient (Wildman–Crippen LogP) is 0.407. The summed E-state index contributed by atoms with van der Waals surface area (Å²) in [5.74, 6) is 0.270. The maximum Gasteiger partial charge on any atom is 0.242 e. The van der Waals surface area contributed by atoms with Gasteiger partial charge < -0.3 is 14.2 Å². The molecule has 4 amide bonds. The molecule has 11 heteroatoms. The highest BCUT2D eigenvalue weighted by atomic mass is 32.2. The number of imide groups is 2. The number of carbonyl (C=O) groups excluding carboxylic acids is 4. The smallest absolute Gasteiger partial charge is 0.242 e. The van der Waals surface area contributed by atoms with Crippen LogP contribution in [0, 0.1) is 0 Å². The van der Waals surface area contributed by atoms with Gasteiger partial charge in [-0.05, 0) is 12.0 Å². The van der Waals surface area contributed by atoms with E-state index in [1.807, 2.05) is 13.2 Å². The van der Waals surface area contributed by atoms with E-state index >= 15 is 0 Å². The van der Waals surface area contributed by atoms with E-state index in [0.29, 0.717) is 26.4 Å². The number of ether oxygens (including phenoxy) is 3. The molecule has 0 aromatic carbocycles. The number of hydrogen-bond acceptors (Lipinski definition) is 9. The first-order chi connectivity index (χ1) is 14.5. The van der Waals surface area contributed by atoms with Gasteiger partial charge in [-0.15, -0.1) is 11.8 Å². The molecule has 2 heterocycles. The molecule has 0 bridgehead atoms. The second-order valence-corrected chi connectivity index (χ2v) is 9.20. The fourth-order valence-electron chi connectivity index (χ4n) is 3.14. The largest absolute Gasteiger partial charge is 0.377 e. The topological polar surface area (TPSA) is 102 Å². The third-order valence-corrected chi connectivity index (χ3v) is 6.76. The number of carbonyl (C=O) groups is 4. The Labute approximate surface area is 185 Å². The van der Waals surface area contributed by atoms with E-state index in [-0.39, 0.29) is 73.3 Å². The van der Waals surface area contributed by atoms with Crippen molar-refractivity contribution in [1.29, 1.82) is 0 Å². The third kappa shape index (κ3) is 7.23. The zero-order chi connectivity index (χ0) is 21.9. The van der Waals surface area contributed by atoms with Gasteiger partial charge in [-0.25, -0.2) is 0 Å². The van der Waals surface area contributed by atoms with Gasteiger partial charge >= 0.3 is 0 Å². The monoisotopic (exact) mass is 462 g/mol. The Balaban J connectivity index is 1.43. The average Bonchev–Trinajstić information content (AvgIpc) is 3.15. The van der Waals surface area contributed by atoms with Crippen molar-refractivity contribution in [3.8, 4) is 0 Å². The van der Waals surface area contributed by atoms with Crippen LogP contribution in [0.15, 0.2) is 0 Å². The molecule has 2 aliphatic heterocycles. The number of rotatable bonds is 15. The van der Waals surface area contributed by atoms with E-state index < -0.39 is 0 Å². The summed E-state index contributed by atoms with van der Waals surface area (Å²) in [6, 6.07) is 0. The van der Waals surface area contributed by atoms with Gasteiger partial charge in [-0.1, -0.05) is 6.92 Å². The molecule has 2 fully saturated rings. The van der Waals surface area contributed by atoms with Crippen LogP contribution < -0.4 is 0 Å². The molecular formula is C19H30N2O7S2. The maximum atomic E-state index is 12.1. The van der Waals surface area contributed by atoms with Crippen LogP contribution in [-0.4, -0.2) is 109 Å². The lowest BCUT2D eigenvalue weighted by atomic mass is 10.4. The van der Waals surface area contributed by atoms with E-state index in [1.165, 1.54) is 33.3 Å². The highest BCUT2D eigenvalue weighted by molar-refractivity contribution is 8.00. The molecule has 9 nitrogen and oxygen atoms in total. The molecule has 0 radical (unpaired) electrons. The summed E-state index contributed by atoms with van der Waals surface area (Å²) in [4.78, 5) is 50.2. The van der Waals surface area contributed by atoms with Gasteiger partial charge in [-0.3, -0.25) is 29.0 Å². The van der Waals surface area contributed by atoms with Crippen molar-refractivity contribution in [2.75, 3.05) is 64.7 Å².